The number of nitriles is 1. The number of carbonyl (C=O) groups excluding carboxylic acids is 1. The van der Waals surface area contributed by atoms with Crippen LogP contribution in [0.2, 0.25) is 0 Å². The van der Waals surface area contributed by atoms with Gasteiger partial charge >= 0.3 is 0 Å². The van der Waals surface area contributed by atoms with Crippen molar-refractivity contribution in [3.05, 3.63) is 35.5 Å². The number of aromatic nitrogens is 1. The molecule has 2 aromatic rings. The number of nitrogens with zero attached hydrogens (tertiary/aromatic N) is 2. The summed E-state index contributed by atoms with van der Waals surface area (Å²) in [4.78, 5) is 17.7. The molecule has 0 bridgehead atoms. The molecule has 1 heterocycles. The SMILES string of the molecule is Cl.N#Cc1ccc2[nH]cc(C(=O)CCCN(CCCl)CCCl)c2c1. The third-order valence-corrected chi connectivity index (χ3v) is 4.13. The molecule has 24 heavy (non-hydrogen) atoms. The number of rotatable bonds is 9. The van der Waals surface area contributed by atoms with Crippen molar-refractivity contribution in [3.63, 3.8) is 0 Å². The van der Waals surface area contributed by atoms with E-state index in [0.29, 0.717) is 29.3 Å². The minimum Gasteiger partial charge on any atom is -0.360 e. The summed E-state index contributed by atoms with van der Waals surface area (Å²) < 4.78 is 0. The molecule has 7 heteroatoms. The number of carbonyl (C=O) groups is 1. The Morgan fingerprint density at radius 3 is 2.54 bits per heavy atom. The van der Waals surface area contributed by atoms with Crippen molar-refractivity contribution in [1.29, 1.82) is 5.26 Å². The summed E-state index contributed by atoms with van der Waals surface area (Å²) >= 11 is 11.5. The molecular weight excluding hydrogens is 369 g/mol. The summed E-state index contributed by atoms with van der Waals surface area (Å²) in [6.45, 7) is 2.36. The highest BCUT2D eigenvalue weighted by Gasteiger charge is 2.13. The first kappa shape index (κ1) is 20.8. The number of H-pyrrole nitrogens is 1. The number of ketones is 1. The zero-order chi connectivity index (χ0) is 16.7. The highest BCUT2D eigenvalue weighted by molar-refractivity contribution is 6.18. The molecule has 1 N–H and O–H groups in total. The molecule has 0 amide bonds. The molecule has 4 nitrogen and oxygen atoms in total. The van der Waals surface area contributed by atoms with Crippen LogP contribution in [0.1, 0.15) is 28.8 Å². The number of Topliss-reactive ketones (excluding diaryl/α,β-unsaturated/α-hetero) is 1. The summed E-state index contributed by atoms with van der Waals surface area (Å²) in [6.07, 6.45) is 2.95. The third-order valence-electron chi connectivity index (χ3n) is 3.79. The van der Waals surface area contributed by atoms with Crippen LogP contribution in [0, 0.1) is 11.3 Å². The maximum atomic E-state index is 12.4. The van der Waals surface area contributed by atoms with Crippen LogP contribution in [0.3, 0.4) is 0 Å². The van der Waals surface area contributed by atoms with E-state index in [-0.39, 0.29) is 18.2 Å². The number of hydrogen-bond acceptors (Lipinski definition) is 3. The normalized spacial score (nSPS) is 10.6. The Morgan fingerprint density at radius 1 is 1.21 bits per heavy atom. The van der Waals surface area contributed by atoms with Crippen LogP contribution < -0.4 is 0 Å². The van der Waals surface area contributed by atoms with Gasteiger partial charge in [0.15, 0.2) is 5.78 Å². The molecule has 0 saturated carbocycles. The van der Waals surface area contributed by atoms with Crippen LogP contribution in [0.4, 0.5) is 0 Å². The van der Waals surface area contributed by atoms with Crippen LogP contribution in [0.15, 0.2) is 24.4 Å². The molecular formula is C17H20Cl3N3O. The summed E-state index contributed by atoms with van der Waals surface area (Å²) in [5.74, 6) is 1.21. The molecule has 0 saturated heterocycles. The van der Waals surface area contributed by atoms with E-state index in [1.54, 1.807) is 18.3 Å². The standard InChI is InChI=1S/C17H19Cl2N3O.ClH/c18-5-8-22(9-6-19)7-1-2-17(23)15-12-21-16-4-3-13(11-20)10-14(15)16;/h3-4,10,12,21H,1-2,5-9H2;1H. The predicted octanol–water partition coefficient (Wildman–Crippen LogP) is 4.20. The van der Waals surface area contributed by atoms with E-state index in [1.807, 2.05) is 6.07 Å². The topological polar surface area (TPSA) is 59.9 Å². The number of hydrogen-bond donors (Lipinski definition) is 1. The minimum atomic E-state index is 0. The van der Waals surface area contributed by atoms with Gasteiger partial charge < -0.3 is 9.88 Å². The maximum absolute atomic E-state index is 12.4. The summed E-state index contributed by atoms with van der Waals surface area (Å²) in [5.41, 5.74) is 2.08. The predicted molar refractivity (Wildman–Crippen MR) is 102 cm³/mol. The highest BCUT2D eigenvalue weighted by Crippen LogP contribution is 2.21. The van der Waals surface area contributed by atoms with Gasteiger partial charge in [0, 0.05) is 53.9 Å². The van der Waals surface area contributed by atoms with Gasteiger partial charge in [-0.1, -0.05) is 0 Å². The fourth-order valence-electron chi connectivity index (χ4n) is 2.59. The first-order valence-electron chi connectivity index (χ1n) is 7.58. The van der Waals surface area contributed by atoms with Crippen molar-refractivity contribution in [2.75, 3.05) is 31.4 Å². The molecule has 0 spiro atoms. The molecule has 0 aliphatic rings. The Kier molecular flexibility index (Phi) is 9.17. The highest BCUT2D eigenvalue weighted by atomic mass is 35.5. The van der Waals surface area contributed by atoms with E-state index in [4.69, 9.17) is 28.5 Å². The van der Waals surface area contributed by atoms with Crippen LogP contribution >= 0.6 is 35.6 Å². The minimum absolute atomic E-state index is 0. The number of alkyl halides is 2. The van der Waals surface area contributed by atoms with Gasteiger partial charge in [-0.15, -0.1) is 35.6 Å². The van der Waals surface area contributed by atoms with Crippen molar-refractivity contribution < 1.29 is 4.79 Å². The Labute approximate surface area is 158 Å². The number of aromatic amines is 1. The van der Waals surface area contributed by atoms with E-state index >= 15 is 0 Å². The first-order valence-corrected chi connectivity index (χ1v) is 8.65. The molecule has 0 atom stereocenters. The van der Waals surface area contributed by atoms with E-state index in [0.717, 1.165) is 37.0 Å². The fourth-order valence-corrected chi connectivity index (χ4v) is 3.07. The fraction of sp³-hybridized carbons (Fsp3) is 0.412. The quantitative estimate of drug-likeness (QED) is 0.517. The second-order valence-corrected chi connectivity index (χ2v) is 6.08. The van der Waals surface area contributed by atoms with E-state index in [2.05, 4.69) is 16.0 Å². The van der Waals surface area contributed by atoms with Gasteiger partial charge in [-0.25, -0.2) is 0 Å². The smallest absolute Gasteiger partial charge is 0.165 e. The van der Waals surface area contributed by atoms with Gasteiger partial charge in [0.05, 0.1) is 11.6 Å². The molecule has 1 aromatic carbocycles. The molecule has 0 fully saturated rings. The first-order chi connectivity index (χ1) is 11.2. The Balaban J connectivity index is 0.00000288. The Bertz CT molecular complexity index is 703. The van der Waals surface area contributed by atoms with E-state index < -0.39 is 0 Å². The lowest BCUT2D eigenvalue weighted by Gasteiger charge is -2.19. The summed E-state index contributed by atoms with van der Waals surface area (Å²) in [5, 5.41) is 9.81. The average Bonchev–Trinajstić information content (AvgIpc) is 2.98. The Hall–Kier alpha value is -1.25. The number of benzene rings is 1. The van der Waals surface area contributed by atoms with Crippen LogP contribution in [-0.2, 0) is 0 Å². The van der Waals surface area contributed by atoms with Crippen molar-refractivity contribution in [3.8, 4) is 6.07 Å². The van der Waals surface area contributed by atoms with Gasteiger partial charge in [0.1, 0.15) is 0 Å². The second-order valence-electron chi connectivity index (χ2n) is 5.32. The number of fused-ring (bicyclic) bond motifs is 1. The lowest BCUT2D eigenvalue weighted by molar-refractivity contribution is 0.0977. The lowest BCUT2D eigenvalue weighted by atomic mass is 10.0. The monoisotopic (exact) mass is 387 g/mol. The van der Waals surface area contributed by atoms with Gasteiger partial charge in [-0.3, -0.25) is 4.79 Å². The van der Waals surface area contributed by atoms with Gasteiger partial charge in [-0.05, 0) is 31.2 Å². The van der Waals surface area contributed by atoms with Crippen LogP contribution in [0.25, 0.3) is 10.9 Å². The molecule has 0 aliphatic heterocycles. The number of nitrogens with one attached hydrogen (secondary N) is 1. The van der Waals surface area contributed by atoms with Crippen molar-refractivity contribution in [1.82, 2.24) is 9.88 Å². The van der Waals surface area contributed by atoms with Gasteiger partial charge in [0.25, 0.3) is 0 Å². The second kappa shape index (κ2) is 10.6. The average molecular weight is 389 g/mol. The molecule has 2 rings (SSSR count). The molecule has 130 valence electrons. The zero-order valence-electron chi connectivity index (χ0n) is 13.2. The van der Waals surface area contributed by atoms with Crippen molar-refractivity contribution in [2.45, 2.75) is 12.8 Å². The van der Waals surface area contributed by atoms with Crippen LogP contribution in [-0.4, -0.2) is 47.1 Å². The maximum Gasteiger partial charge on any atom is 0.165 e. The molecule has 0 radical (unpaired) electrons. The van der Waals surface area contributed by atoms with Crippen molar-refractivity contribution in [2.24, 2.45) is 0 Å². The van der Waals surface area contributed by atoms with E-state index in [9.17, 15) is 4.79 Å². The van der Waals surface area contributed by atoms with Gasteiger partial charge in [-0.2, -0.15) is 5.26 Å². The summed E-state index contributed by atoms with van der Waals surface area (Å²) in [6, 6.07) is 7.43. The molecule has 0 unspecified atom stereocenters. The zero-order valence-corrected chi connectivity index (χ0v) is 15.6. The van der Waals surface area contributed by atoms with E-state index in [1.165, 1.54) is 0 Å². The molecule has 0 aliphatic carbocycles. The van der Waals surface area contributed by atoms with Gasteiger partial charge in [0.2, 0.25) is 0 Å². The van der Waals surface area contributed by atoms with Crippen molar-refractivity contribution >= 4 is 52.3 Å². The third kappa shape index (κ3) is 5.39. The van der Waals surface area contributed by atoms with Crippen LogP contribution in [0.5, 0.6) is 0 Å². The lowest BCUT2D eigenvalue weighted by Crippen LogP contribution is -2.29. The molecule has 1 aromatic heterocycles. The largest absolute Gasteiger partial charge is 0.360 e. The number of halogens is 3. The summed E-state index contributed by atoms with van der Waals surface area (Å²) in [7, 11) is 0. The Morgan fingerprint density at radius 2 is 1.92 bits per heavy atom.